The SMILES string of the molecule is Cc1nc(N2C(=O)C(=O)C(=C(O)c3ccc(Cl)cc3)C2c2ccco2)sc1C. The fourth-order valence-electron chi connectivity index (χ4n) is 3.07. The number of nitrogens with zero attached hydrogens (tertiary/aromatic N) is 2. The third-order valence-electron chi connectivity index (χ3n) is 4.60. The summed E-state index contributed by atoms with van der Waals surface area (Å²) in [5.74, 6) is -1.48. The van der Waals surface area contributed by atoms with E-state index in [1.807, 2.05) is 13.8 Å². The van der Waals surface area contributed by atoms with Gasteiger partial charge in [-0.15, -0.1) is 11.3 Å². The molecule has 1 saturated heterocycles. The van der Waals surface area contributed by atoms with Crippen molar-refractivity contribution in [2.75, 3.05) is 4.90 Å². The fraction of sp³-hybridized carbons (Fsp3) is 0.150. The molecule has 1 aliphatic rings. The van der Waals surface area contributed by atoms with Crippen LogP contribution >= 0.6 is 22.9 Å². The van der Waals surface area contributed by atoms with Gasteiger partial charge in [0.25, 0.3) is 5.78 Å². The van der Waals surface area contributed by atoms with E-state index in [-0.39, 0.29) is 11.3 Å². The standard InChI is InChI=1S/C20H15ClN2O4S/c1-10-11(2)28-20(22-10)23-16(14-4-3-9-27-14)15(18(25)19(23)26)17(24)12-5-7-13(21)8-6-12/h3-9,16,24H,1-2H3. The number of thiazole rings is 1. The van der Waals surface area contributed by atoms with Gasteiger partial charge in [-0.25, -0.2) is 4.98 Å². The largest absolute Gasteiger partial charge is 0.507 e. The van der Waals surface area contributed by atoms with E-state index in [9.17, 15) is 14.7 Å². The smallest absolute Gasteiger partial charge is 0.302 e. The Hall–Kier alpha value is -2.90. The van der Waals surface area contributed by atoms with Gasteiger partial charge in [-0.3, -0.25) is 14.5 Å². The normalized spacial score (nSPS) is 18.8. The lowest BCUT2D eigenvalue weighted by Crippen LogP contribution is -2.29. The fourth-order valence-corrected chi connectivity index (χ4v) is 4.13. The zero-order valence-electron chi connectivity index (χ0n) is 15.0. The minimum absolute atomic E-state index is 0.0484. The Bertz CT molecular complexity index is 1080. The van der Waals surface area contributed by atoms with Gasteiger partial charge in [-0.2, -0.15) is 0 Å². The second kappa shape index (κ2) is 6.92. The molecule has 0 bridgehead atoms. The van der Waals surface area contributed by atoms with Crippen molar-refractivity contribution in [1.82, 2.24) is 4.98 Å². The van der Waals surface area contributed by atoms with Crippen LogP contribution in [0.3, 0.4) is 0 Å². The lowest BCUT2D eigenvalue weighted by Gasteiger charge is -2.20. The van der Waals surface area contributed by atoms with Crippen LogP contribution in [0.2, 0.25) is 5.02 Å². The van der Waals surface area contributed by atoms with E-state index in [2.05, 4.69) is 4.98 Å². The molecule has 6 nitrogen and oxygen atoms in total. The number of hydrogen-bond acceptors (Lipinski definition) is 6. The first-order chi connectivity index (χ1) is 13.4. The van der Waals surface area contributed by atoms with Crippen LogP contribution in [0.15, 0.2) is 52.7 Å². The summed E-state index contributed by atoms with van der Waals surface area (Å²) < 4.78 is 5.50. The van der Waals surface area contributed by atoms with Crippen LogP contribution in [0, 0.1) is 13.8 Å². The molecule has 8 heteroatoms. The quantitative estimate of drug-likeness (QED) is 0.383. The Morgan fingerprint density at radius 2 is 1.93 bits per heavy atom. The number of aromatic nitrogens is 1. The minimum Gasteiger partial charge on any atom is -0.507 e. The van der Waals surface area contributed by atoms with Gasteiger partial charge in [-0.05, 0) is 50.2 Å². The number of furan rings is 1. The van der Waals surface area contributed by atoms with E-state index in [1.165, 1.54) is 22.5 Å². The van der Waals surface area contributed by atoms with Crippen molar-refractivity contribution in [3.63, 3.8) is 0 Å². The zero-order valence-corrected chi connectivity index (χ0v) is 16.5. The number of aliphatic hydroxyl groups excluding tert-OH is 1. The van der Waals surface area contributed by atoms with E-state index >= 15 is 0 Å². The summed E-state index contributed by atoms with van der Waals surface area (Å²) in [6.07, 6.45) is 1.45. The van der Waals surface area contributed by atoms with E-state index in [1.54, 1.807) is 36.4 Å². The monoisotopic (exact) mass is 414 g/mol. The summed E-state index contributed by atoms with van der Waals surface area (Å²) in [6.45, 7) is 3.73. The van der Waals surface area contributed by atoms with Crippen molar-refractivity contribution in [2.45, 2.75) is 19.9 Å². The molecule has 2 aromatic heterocycles. The number of hydrogen-bond donors (Lipinski definition) is 1. The van der Waals surface area contributed by atoms with Crippen LogP contribution in [0.25, 0.3) is 5.76 Å². The Balaban J connectivity index is 1.92. The van der Waals surface area contributed by atoms with Gasteiger partial charge >= 0.3 is 5.91 Å². The molecule has 1 N–H and O–H groups in total. The molecule has 1 unspecified atom stereocenters. The Morgan fingerprint density at radius 1 is 1.21 bits per heavy atom. The van der Waals surface area contributed by atoms with Crippen LogP contribution < -0.4 is 4.90 Å². The number of anilines is 1. The molecule has 4 rings (SSSR count). The number of rotatable bonds is 3. The average molecular weight is 415 g/mol. The molecular weight excluding hydrogens is 400 g/mol. The van der Waals surface area contributed by atoms with E-state index < -0.39 is 17.7 Å². The first kappa shape index (κ1) is 18.5. The molecule has 1 amide bonds. The number of amides is 1. The summed E-state index contributed by atoms with van der Waals surface area (Å²) >= 11 is 7.22. The molecule has 0 aliphatic carbocycles. The summed E-state index contributed by atoms with van der Waals surface area (Å²) in [4.78, 5) is 32.4. The number of halogens is 1. The minimum atomic E-state index is -0.907. The lowest BCUT2D eigenvalue weighted by molar-refractivity contribution is -0.132. The van der Waals surface area contributed by atoms with Gasteiger partial charge in [-0.1, -0.05) is 11.6 Å². The predicted octanol–water partition coefficient (Wildman–Crippen LogP) is 4.63. The van der Waals surface area contributed by atoms with Crippen LogP contribution in [-0.4, -0.2) is 21.8 Å². The molecular formula is C20H15ClN2O4S. The van der Waals surface area contributed by atoms with E-state index in [0.29, 0.717) is 21.5 Å². The van der Waals surface area contributed by atoms with Gasteiger partial charge in [0.15, 0.2) is 5.13 Å². The van der Waals surface area contributed by atoms with Crippen LogP contribution in [-0.2, 0) is 9.59 Å². The summed E-state index contributed by atoms with van der Waals surface area (Å²) in [5.41, 5.74) is 1.11. The molecule has 3 aromatic rings. The third kappa shape index (κ3) is 2.93. The lowest BCUT2D eigenvalue weighted by atomic mass is 9.99. The molecule has 1 fully saturated rings. The first-order valence-corrected chi connectivity index (χ1v) is 9.62. The summed E-state index contributed by atoms with van der Waals surface area (Å²) in [5, 5.41) is 11.7. The second-order valence-electron chi connectivity index (χ2n) is 6.33. The zero-order chi connectivity index (χ0) is 20.0. The summed E-state index contributed by atoms with van der Waals surface area (Å²) in [6, 6.07) is 8.78. The molecule has 28 heavy (non-hydrogen) atoms. The Kier molecular flexibility index (Phi) is 4.56. The highest BCUT2D eigenvalue weighted by molar-refractivity contribution is 7.16. The van der Waals surface area contributed by atoms with Crippen molar-refractivity contribution in [3.05, 3.63) is 75.2 Å². The number of carbonyl (C=O) groups is 2. The Morgan fingerprint density at radius 3 is 2.50 bits per heavy atom. The van der Waals surface area contributed by atoms with Crippen molar-refractivity contribution in [2.24, 2.45) is 0 Å². The highest BCUT2D eigenvalue weighted by Gasteiger charge is 2.49. The van der Waals surface area contributed by atoms with Gasteiger partial charge in [0.05, 0.1) is 17.5 Å². The molecule has 0 saturated carbocycles. The molecule has 142 valence electrons. The molecule has 1 aliphatic heterocycles. The second-order valence-corrected chi connectivity index (χ2v) is 7.95. The third-order valence-corrected chi connectivity index (χ3v) is 5.92. The van der Waals surface area contributed by atoms with Gasteiger partial charge < -0.3 is 9.52 Å². The van der Waals surface area contributed by atoms with E-state index in [0.717, 1.165) is 10.6 Å². The van der Waals surface area contributed by atoms with Gasteiger partial charge in [0.1, 0.15) is 17.6 Å². The number of ketones is 1. The Labute approximate surface area is 169 Å². The maximum absolute atomic E-state index is 12.9. The van der Waals surface area contributed by atoms with Crippen LogP contribution in [0.4, 0.5) is 5.13 Å². The van der Waals surface area contributed by atoms with Gasteiger partial charge in [0, 0.05) is 15.5 Å². The van der Waals surface area contributed by atoms with Crippen molar-refractivity contribution in [1.29, 1.82) is 0 Å². The van der Waals surface area contributed by atoms with Crippen molar-refractivity contribution >= 4 is 45.5 Å². The maximum Gasteiger partial charge on any atom is 0.302 e. The van der Waals surface area contributed by atoms with Crippen molar-refractivity contribution in [3.8, 4) is 0 Å². The summed E-state index contributed by atoms with van der Waals surface area (Å²) in [7, 11) is 0. The van der Waals surface area contributed by atoms with Crippen LogP contribution in [0.5, 0.6) is 0 Å². The number of benzene rings is 1. The average Bonchev–Trinajstić information content (AvgIpc) is 3.36. The molecule has 0 spiro atoms. The molecule has 1 atom stereocenters. The number of aliphatic hydroxyl groups is 1. The topological polar surface area (TPSA) is 83.6 Å². The highest BCUT2D eigenvalue weighted by Crippen LogP contribution is 2.43. The first-order valence-electron chi connectivity index (χ1n) is 8.43. The van der Waals surface area contributed by atoms with Crippen LogP contribution in [0.1, 0.15) is 27.9 Å². The number of Topliss-reactive ketones (excluding diaryl/α,β-unsaturated/α-hetero) is 1. The van der Waals surface area contributed by atoms with Gasteiger partial charge in [0.2, 0.25) is 0 Å². The molecule has 0 radical (unpaired) electrons. The maximum atomic E-state index is 12.9. The number of aryl methyl sites for hydroxylation is 2. The molecule has 1 aromatic carbocycles. The predicted molar refractivity (Wildman–Crippen MR) is 107 cm³/mol. The van der Waals surface area contributed by atoms with E-state index in [4.69, 9.17) is 16.0 Å². The highest BCUT2D eigenvalue weighted by atomic mass is 35.5. The van der Waals surface area contributed by atoms with Crippen molar-refractivity contribution < 1.29 is 19.1 Å². The molecule has 3 heterocycles. The number of carbonyl (C=O) groups excluding carboxylic acids is 2.